The van der Waals surface area contributed by atoms with Crippen molar-refractivity contribution in [1.82, 2.24) is 0 Å². The number of hydrogen-bond donors (Lipinski definition) is 0. The van der Waals surface area contributed by atoms with E-state index in [-0.39, 0.29) is 6.10 Å². The number of benzene rings is 1. The minimum atomic E-state index is 0.132. The molecule has 1 heterocycles. The molecule has 1 aliphatic rings. The second-order valence-corrected chi connectivity index (χ2v) is 4.31. The van der Waals surface area contributed by atoms with Gasteiger partial charge in [-0.3, -0.25) is 0 Å². The van der Waals surface area contributed by atoms with Gasteiger partial charge in [-0.15, -0.1) is 0 Å². The fourth-order valence-electron chi connectivity index (χ4n) is 1.40. The Morgan fingerprint density at radius 1 is 1.46 bits per heavy atom. The van der Waals surface area contributed by atoms with E-state index in [1.807, 2.05) is 19.1 Å². The van der Waals surface area contributed by atoms with E-state index in [0.29, 0.717) is 0 Å². The monoisotopic (exact) mass is 287 g/mol. The number of rotatable bonds is 1. The normalized spacial score (nSPS) is 21.1. The zero-order valence-electron chi connectivity index (χ0n) is 7.33. The Bertz CT molecular complexity index is 349. The van der Waals surface area contributed by atoms with Crippen molar-refractivity contribution in [3.8, 4) is 0 Å². The highest BCUT2D eigenvalue weighted by Gasteiger charge is 2.21. The fraction of sp³-hybridized carbons (Fsp3) is 0.300. The zero-order chi connectivity index (χ0) is 9.26. The first-order valence-electron chi connectivity index (χ1n) is 4.21. The Morgan fingerprint density at radius 3 is 2.85 bits per heavy atom. The van der Waals surface area contributed by atoms with Gasteiger partial charge in [-0.25, -0.2) is 0 Å². The van der Waals surface area contributed by atoms with Crippen LogP contribution >= 0.6 is 22.6 Å². The average molecular weight is 287 g/mol. The van der Waals surface area contributed by atoms with Crippen LogP contribution in [0.3, 0.4) is 0 Å². The second-order valence-electron chi connectivity index (χ2n) is 3.15. The SMILES string of the molecule is CC1=NOC(c2ccccc2I)C1. The van der Waals surface area contributed by atoms with E-state index in [0.717, 1.165) is 12.1 Å². The third-order valence-electron chi connectivity index (χ3n) is 2.07. The molecule has 0 bridgehead atoms. The highest BCUT2D eigenvalue weighted by atomic mass is 127. The predicted octanol–water partition coefficient (Wildman–Crippen LogP) is 3.13. The summed E-state index contributed by atoms with van der Waals surface area (Å²) in [7, 11) is 0. The summed E-state index contributed by atoms with van der Waals surface area (Å²) in [6.07, 6.45) is 1.05. The maximum atomic E-state index is 5.32. The van der Waals surface area contributed by atoms with E-state index in [1.165, 1.54) is 9.13 Å². The standard InChI is InChI=1S/C10H10INO/c1-7-6-10(13-12-7)8-4-2-3-5-9(8)11/h2-5,10H,6H2,1H3. The molecule has 68 valence electrons. The molecule has 1 atom stereocenters. The largest absolute Gasteiger partial charge is 0.387 e. The van der Waals surface area contributed by atoms with Crippen molar-refractivity contribution in [2.24, 2.45) is 5.16 Å². The lowest BCUT2D eigenvalue weighted by Gasteiger charge is -2.09. The van der Waals surface area contributed by atoms with Crippen molar-refractivity contribution >= 4 is 28.3 Å². The molecule has 0 aliphatic carbocycles. The molecule has 1 aromatic rings. The number of halogens is 1. The summed E-state index contributed by atoms with van der Waals surface area (Å²) in [5.74, 6) is 0. The first-order valence-corrected chi connectivity index (χ1v) is 5.29. The summed E-state index contributed by atoms with van der Waals surface area (Å²) in [5.41, 5.74) is 2.31. The summed E-state index contributed by atoms with van der Waals surface area (Å²) in [6, 6.07) is 8.26. The summed E-state index contributed by atoms with van der Waals surface area (Å²) >= 11 is 2.33. The molecule has 0 fully saturated rings. The lowest BCUT2D eigenvalue weighted by Crippen LogP contribution is -1.99. The molecule has 0 saturated carbocycles. The Kier molecular flexibility index (Phi) is 2.53. The molecule has 0 spiro atoms. The highest BCUT2D eigenvalue weighted by Crippen LogP contribution is 2.29. The van der Waals surface area contributed by atoms with Crippen LogP contribution in [-0.2, 0) is 4.84 Å². The lowest BCUT2D eigenvalue weighted by atomic mass is 10.1. The molecule has 1 unspecified atom stereocenters. The van der Waals surface area contributed by atoms with E-state index in [1.54, 1.807) is 0 Å². The molecule has 1 aliphatic heterocycles. The van der Waals surface area contributed by atoms with Gasteiger partial charge in [0.25, 0.3) is 0 Å². The Morgan fingerprint density at radius 2 is 2.23 bits per heavy atom. The van der Waals surface area contributed by atoms with Crippen molar-refractivity contribution < 1.29 is 4.84 Å². The molecule has 2 nitrogen and oxygen atoms in total. The molecule has 0 amide bonds. The maximum absolute atomic E-state index is 5.32. The lowest BCUT2D eigenvalue weighted by molar-refractivity contribution is 0.0851. The van der Waals surface area contributed by atoms with Crippen molar-refractivity contribution in [2.75, 3.05) is 0 Å². The van der Waals surface area contributed by atoms with Gasteiger partial charge in [-0.1, -0.05) is 23.4 Å². The average Bonchev–Trinajstić information content (AvgIpc) is 2.53. The smallest absolute Gasteiger partial charge is 0.158 e. The van der Waals surface area contributed by atoms with Crippen LogP contribution < -0.4 is 0 Å². The molecule has 2 rings (SSSR count). The Labute approximate surface area is 91.1 Å². The molecule has 0 radical (unpaired) electrons. The van der Waals surface area contributed by atoms with Crippen LogP contribution in [0.5, 0.6) is 0 Å². The molecule has 13 heavy (non-hydrogen) atoms. The summed E-state index contributed by atoms with van der Waals surface area (Å²) in [4.78, 5) is 5.32. The van der Waals surface area contributed by atoms with Crippen LogP contribution in [0.2, 0.25) is 0 Å². The third-order valence-corrected chi connectivity index (χ3v) is 3.05. The first-order chi connectivity index (χ1) is 6.27. The zero-order valence-corrected chi connectivity index (χ0v) is 9.48. The third kappa shape index (κ3) is 1.85. The summed E-state index contributed by atoms with van der Waals surface area (Å²) < 4.78 is 1.25. The quantitative estimate of drug-likeness (QED) is 0.727. The van der Waals surface area contributed by atoms with E-state index in [4.69, 9.17) is 4.84 Å². The van der Waals surface area contributed by atoms with Gasteiger partial charge in [0, 0.05) is 15.6 Å². The molecule has 0 aromatic heterocycles. The Hall–Kier alpha value is -0.580. The van der Waals surface area contributed by atoms with Gasteiger partial charge < -0.3 is 4.84 Å². The van der Waals surface area contributed by atoms with Crippen LogP contribution in [0.25, 0.3) is 0 Å². The molecular formula is C10H10INO. The summed E-state index contributed by atoms with van der Waals surface area (Å²) in [5, 5.41) is 3.95. The van der Waals surface area contributed by atoms with Gasteiger partial charge in [0.1, 0.15) is 0 Å². The first kappa shape index (κ1) is 8.99. The van der Waals surface area contributed by atoms with E-state index in [9.17, 15) is 0 Å². The highest BCUT2D eigenvalue weighted by molar-refractivity contribution is 14.1. The van der Waals surface area contributed by atoms with E-state index < -0.39 is 0 Å². The Balaban J connectivity index is 2.23. The van der Waals surface area contributed by atoms with Gasteiger partial charge in [-0.05, 0) is 35.6 Å². The van der Waals surface area contributed by atoms with Crippen LogP contribution in [-0.4, -0.2) is 5.71 Å². The van der Waals surface area contributed by atoms with Crippen molar-refractivity contribution in [3.63, 3.8) is 0 Å². The van der Waals surface area contributed by atoms with Crippen LogP contribution in [0.4, 0.5) is 0 Å². The van der Waals surface area contributed by atoms with E-state index >= 15 is 0 Å². The number of oxime groups is 1. The van der Waals surface area contributed by atoms with Gasteiger partial charge >= 0.3 is 0 Å². The van der Waals surface area contributed by atoms with Gasteiger partial charge in [0.15, 0.2) is 6.10 Å². The second kappa shape index (κ2) is 3.65. The van der Waals surface area contributed by atoms with Crippen molar-refractivity contribution in [1.29, 1.82) is 0 Å². The molecular weight excluding hydrogens is 277 g/mol. The van der Waals surface area contributed by atoms with Crippen LogP contribution in [0.15, 0.2) is 29.4 Å². The topological polar surface area (TPSA) is 21.6 Å². The minimum Gasteiger partial charge on any atom is -0.387 e. The van der Waals surface area contributed by atoms with Crippen molar-refractivity contribution in [2.45, 2.75) is 19.4 Å². The predicted molar refractivity (Wildman–Crippen MR) is 60.7 cm³/mol. The fourth-order valence-corrected chi connectivity index (χ4v) is 2.13. The molecule has 1 aromatic carbocycles. The molecule has 3 heteroatoms. The van der Waals surface area contributed by atoms with Gasteiger partial charge in [-0.2, -0.15) is 0 Å². The number of hydrogen-bond acceptors (Lipinski definition) is 2. The van der Waals surface area contributed by atoms with Gasteiger partial charge in [0.05, 0.1) is 5.71 Å². The minimum absolute atomic E-state index is 0.132. The summed E-state index contributed by atoms with van der Waals surface area (Å²) in [6.45, 7) is 2.00. The van der Waals surface area contributed by atoms with Crippen LogP contribution in [0, 0.1) is 3.57 Å². The van der Waals surface area contributed by atoms with Gasteiger partial charge in [0.2, 0.25) is 0 Å². The number of nitrogens with zero attached hydrogens (tertiary/aromatic N) is 1. The maximum Gasteiger partial charge on any atom is 0.158 e. The van der Waals surface area contributed by atoms with Crippen LogP contribution in [0.1, 0.15) is 25.0 Å². The molecule has 0 saturated heterocycles. The molecule has 0 N–H and O–H groups in total. The van der Waals surface area contributed by atoms with E-state index in [2.05, 4.69) is 39.9 Å². The van der Waals surface area contributed by atoms with Crippen molar-refractivity contribution in [3.05, 3.63) is 33.4 Å².